The molecule has 1 aliphatic heterocycles. The highest BCUT2D eigenvalue weighted by Crippen LogP contribution is 2.39. The van der Waals surface area contributed by atoms with E-state index in [0.717, 1.165) is 19.4 Å². The fraction of sp³-hybridized carbons (Fsp3) is 1.00. The van der Waals surface area contributed by atoms with Crippen LogP contribution in [0.5, 0.6) is 0 Å². The molecule has 1 nitrogen and oxygen atoms in total. The smallest absolute Gasteiger partial charge is 0.0696 e. The lowest BCUT2D eigenvalue weighted by atomic mass is 9.80. The molecule has 70 valence electrons. The molecule has 1 heterocycles. The Morgan fingerprint density at radius 3 is 2.58 bits per heavy atom. The number of halogens is 1. The first-order chi connectivity index (χ1) is 5.81. The van der Waals surface area contributed by atoms with E-state index in [4.69, 9.17) is 16.3 Å². The van der Waals surface area contributed by atoms with Crippen LogP contribution in [0.4, 0.5) is 0 Å². The topological polar surface area (TPSA) is 9.23 Å². The summed E-state index contributed by atoms with van der Waals surface area (Å²) in [4.78, 5) is 0. The molecule has 0 bridgehead atoms. The molecule has 2 rings (SSSR count). The number of hydrogen-bond acceptors (Lipinski definition) is 1. The molecule has 1 saturated heterocycles. The second-order valence-electron chi connectivity index (χ2n) is 4.18. The van der Waals surface area contributed by atoms with Crippen molar-refractivity contribution < 1.29 is 4.74 Å². The maximum Gasteiger partial charge on any atom is 0.0696 e. The Morgan fingerprint density at radius 1 is 1.17 bits per heavy atom. The summed E-state index contributed by atoms with van der Waals surface area (Å²) in [6, 6.07) is 0. The van der Waals surface area contributed by atoms with Gasteiger partial charge in [0.15, 0.2) is 0 Å². The summed E-state index contributed by atoms with van der Waals surface area (Å²) in [5.41, 5.74) is 0.197. The summed E-state index contributed by atoms with van der Waals surface area (Å²) in [6.07, 6.45) is 8.69. The van der Waals surface area contributed by atoms with Crippen molar-refractivity contribution in [3.63, 3.8) is 0 Å². The van der Waals surface area contributed by atoms with Gasteiger partial charge in [0.25, 0.3) is 0 Å². The highest BCUT2D eigenvalue weighted by atomic mass is 35.5. The molecule has 2 heteroatoms. The van der Waals surface area contributed by atoms with E-state index in [1.807, 2.05) is 0 Å². The predicted molar refractivity (Wildman–Crippen MR) is 50.6 cm³/mol. The van der Waals surface area contributed by atoms with Gasteiger partial charge in [-0.3, -0.25) is 0 Å². The second-order valence-corrected chi connectivity index (χ2v) is 4.80. The summed E-state index contributed by atoms with van der Waals surface area (Å²) >= 11 is 6.16. The molecule has 0 radical (unpaired) electrons. The Bertz CT molecular complexity index is 146. The van der Waals surface area contributed by atoms with Crippen LogP contribution in [0.1, 0.15) is 44.9 Å². The summed E-state index contributed by atoms with van der Waals surface area (Å²) in [6.45, 7) is 0.883. The molecule has 0 aromatic heterocycles. The normalized spacial score (nSPS) is 35.2. The van der Waals surface area contributed by atoms with Gasteiger partial charge in [0.1, 0.15) is 0 Å². The van der Waals surface area contributed by atoms with Gasteiger partial charge in [-0.2, -0.15) is 0 Å². The molecule has 0 aromatic carbocycles. The van der Waals surface area contributed by atoms with Crippen molar-refractivity contribution in [2.45, 2.75) is 55.9 Å². The van der Waals surface area contributed by atoms with Crippen LogP contribution >= 0.6 is 11.6 Å². The van der Waals surface area contributed by atoms with E-state index in [1.54, 1.807) is 0 Å². The lowest BCUT2D eigenvalue weighted by molar-refractivity contribution is -0.0978. The maximum atomic E-state index is 6.16. The molecular weight excluding hydrogens is 172 g/mol. The van der Waals surface area contributed by atoms with E-state index in [1.165, 1.54) is 32.1 Å². The first-order valence-electron chi connectivity index (χ1n) is 5.09. The number of alkyl halides is 1. The van der Waals surface area contributed by atoms with Crippen molar-refractivity contribution >= 4 is 11.6 Å². The average molecular weight is 189 g/mol. The third kappa shape index (κ3) is 1.77. The zero-order valence-corrected chi connectivity index (χ0v) is 8.28. The van der Waals surface area contributed by atoms with E-state index in [2.05, 4.69) is 0 Å². The molecule has 0 N–H and O–H groups in total. The quantitative estimate of drug-likeness (QED) is 0.531. The lowest BCUT2D eigenvalue weighted by Crippen LogP contribution is -2.41. The largest absolute Gasteiger partial charge is 0.375 e. The van der Waals surface area contributed by atoms with Gasteiger partial charge in [0.2, 0.25) is 0 Å². The van der Waals surface area contributed by atoms with Gasteiger partial charge in [0.05, 0.1) is 5.60 Å². The van der Waals surface area contributed by atoms with E-state index in [9.17, 15) is 0 Å². The van der Waals surface area contributed by atoms with Crippen molar-refractivity contribution in [3.05, 3.63) is 0 Å². The van der Waals surface area contributed by atoms with Gasteiger partial charge in [-0.25, -0.2) is 0 Å². The Morgan fingerprint density at radius 2 is 1.92 bits per heavy atom. The summed E-state index contributed by atoms with van der Waals surface area (Å²) in [5, 5.41) is 0.372. The van der Waals surface area contributed by atoms with Crippen LogP contribution in [0, 0.1) is 0 Å². The van der Waals surface area contributed by atoms with Crippen LogP contribution in [0.15, 0.2) is 0 Å². The van der Waals surface area contributed by atoms with Crippen LogP contribution in [0.3, 0.4) is 0 Å². The fourth-order valence-electron chi connectivity index (χ4n) is 2.51. The molecular formula is C10H17ClO. The molecule has 2 aliphatic rings. The Kier molecular flexibility index (Phi) is 2.61. The third-order valence-electron chi connectivity index (χ3n) is 3.20. The van der Waals surface area contributed by atoms with Crippen molar-refractivity contribution in [2.75, 3.05) is 6.61 Å². The SMILES string of the molecule is ClC1CCOC2(CCCCC2)C1. The van der Waals surface area contributed by atoms with Gasteiger partial charge >= 0.3 is 0 Å². The van der Waals surface area contributed by atoms with Gasteiger partial charge in [0, 0.05) is 12.0 Å². The van der Waals surface area contributed by atoms with Gasteiger partial charge in [-0.05, 0) is 25.7 Å². The van der Waals surface area contributed by atoms with Crippen molar-refractivity contribution in [2.24, 2.45) is 0 Å². The Labute approximate surface area is 79.4 Å². The van der Waals surface area contributed by atoms with E-state index in [0.29, 0.717) is 5.38 Å². The summed E-state index contributed by atoms with van der Waals surface area (Å²) < 4.78 is 5.89. The minimum absolute atomic E-state index is 0.197. The second kappa shape index (κ2) is 3.55. The van der Waals surface area contributed by atoms with E-state index in [-0.39, 0.29) is 5.60 Å². The first-order valence-corrected chi connectivity index (χ1v) is 5.52. The lowest BCUT2D eigenvalue weighted by Gasteiger charge is -2.42. The zero-order chi connectivity index (χ0) is 8.44. The van der Waals surface area contributed by atoms with Gasteiger partial charge in [-0.15, -0.1) is 11.6 Å². The van der Waals surface area contributed by atoms with Crippen LogP contribution < -0.4 is 0 Å². The average Bonchev–Trinajstić information content (AvgIpc) is 2.05. The van der Waals surface area contributed by atoms with Gasteiger partial charge < -0.3 is 4.74 Å². The first kappa shape index (κ1) is 8.83. The third-order valence-corrected chi connectivity index (χ3v) is 3.57. The zero-order valence-electron chi connectivity index (χ0n) is 7.52. The van der Waals surface area contributed by atoms with E-state index >= 15 is 0 Å². The Hall–Kier alpha value is 0.250. The molecule has 0 amide bonds. The monoisotopic (exact) mass is 188 g/mol. The molecule has 12 heavy (non-hydrogen) atoms. The molecule has 1 saturated carbocycles. The minimum Gasteiger partial charge on any atom is -0.375 e. The standard InChI is InChI=1S/C10H17ClO/c11-9-4-7-12-10(8-9)5-2-1-3-6-10/h9H,1-8H2. The van der Waals surface area contributed by atoms with Crippen LogP contribution in [-0.2, 0) is 4.74 Å². The Balaban J connectivity index is 1.97. The van der Waals surface area contributed by atoms with Crippen LogP contribution in [-0.4, -0.2) is 17.6 Å². The summed E-state index contributed by atoms with van der Waals surface area (Å²) in [7, 11) is 0. The van der Waals surface area contributed by atoms with E-state index < -0.39 is 0 Å². The number of ether oxygens (including phenoxy) is 1. The highest BCUT2D eigenvalue weighted by molar-refractivity contribution is 6.20. The fourth-order valence-corrected chi connectivity index (χ4v) is 2.88. The molecule has 0 aromatic rings. The van der Waals surface area contributed by atoms with Crippen LogP contribution in [0.25, 0.3) is 0 Å². The van der Waals surface area contributed by atoms with Gasteiger partial charge in [-0.1, -0.05) is 19.3 Å². The van der Waals surface area contributed by atoms with Crippen molar-refractivity contribution in [1.29, 1.82) is 0 Å². The molecule has 1 atom stereocenters. The molecule has 1 aliphatic carbocycles. The highest BCUT2D eigenvalue weighted by Gasteiger charge is 2.37. The van der Waals surface area contributed by atoms with Crippen molar-refractivity contribution in [1.82, 2.24) is 0 Å². The predicted octanol–water partition coefficient (Wildman–Crippen LogP) is 3.11. The number of rotatable bonds is 0. The number of hydrogen-bond donors (Lipinski definition) is 0. The van der Waals surface area contributed by atoms with Crippen molar-refractivity contribution in [3.8, 4) is 0 Å². The maximum absolute atomic E-state index is 6.16. The molecule has 1 unspecified atom stereocenters. The minimum atomic E-state index is 0.197. The summed E-state index contributed by atoms with van der Waals surface area (Å²) in [5.74, 6) is 0. The molecule has 1 spiro atoms. The van der Waals surface area contributed by atoms with Crippen LogP contribution in [0.2, 0.25) is 0 Å². The molecule has 2 fully saturated rings.